The number of nitrogens with zero attached hydrogens (tertiary/aromatic N) is 2. The molecule has 0 bridgehead atoms. The van der Waals surface area contributed by atoms with Gasteiger partial charge >= 0.3 is 0 Å². The lowest BCUT2D eigenvalue weighted by atomic mass is 9.82. The van der Waals surface area contributed by atoms with Crippen LogP contribution in [0.25, 0.3) is 112 Å². The first-order chi connectivity index (χ1) is 32.8. The van der Waals surface area contributed by atoms with Crippen molar-refractivity contribution in [2.24, 2.45) is 0 Å². The van der Waals surface area contributed by atoms with Crippen molar-refractivity contribution in [2.45, 2.75) is 0 Å². The number of benzene rings is 9. The van der Waals surface area contributed by atoms with Gasteiger partial charge in [0.25, 0.3) is 0 Å². The van der Waals surface area contributed by atoms with Crippen LogP contribution >= 0.6 is 0 Å². The lowest BCUT2D eigenvalue weighted by Gasteiger charge is -2.24. The van der Waals surface area contributed by atoms with E-state index in [1.54, 1.807) is 0 Å². The zero-order valence-electron chi connectivity index (χ0n) is 36.3. The molecule has 0 spiro atoms. The molecule has 0 aliphatic carbocycles. The Morgan fingerprint density at radius 1 is 0.136 bits per heavy atom. The highest BCUT2D eigenvalue weighted by Gasteiger charge is 2.27. The molecule has 0 unspecified atom stereocenters. The molecule has 2 aromatic heterocycles. The van der Waals surface area contributed by atoms with Crippen molar-refractivity contribution in [3.05, 3.63) is 267 Å². The van der Waals surface area contributed by atoms with Gasteiger partial charge in [0.05, 0.1) is 22.8 Å². The first-order valence-electron chi connectivity index (χ1n) is 22.5. The van der Waals surface area contributed by atoms with E-state index < -0.39 is 0 Å². The molecule has 0 saturated heterocycles. The van der Waals surface area contributed by atoms with Crippen molar-refractivity contribution in [3.8, 4) is 112 Å². The molecule has 0 N–H and O–H groups in total. The third-order valence-corrected chi connectivity index (χ3v) is 12.3. The summed E-state index contributed by atoms with van der Waals surface area (Å²) in [6.07, 6.45) is 0. The molecule has 11 aromatic rings. The van der Waals surface area contributed by atoms with Gasteiger partial charge in [0, 0.05) is 55.6 Å². The smallest absolute Gasteiger partial charge is 0.0794 e. The van der Waals surface area contributed by atoms with Crippen LogP contribution in [-0.2, 0) is 0 Å². The molecule has 66 heavy (non-hydrogen) atoms. The van der Waals surface area contributed by atoms with Gasteiger partial charge in [0.2, 0.25) is 0 Å². The Balaban J connectivity index is 1.21. The first kappa shape index (κ1) is 40.1. The van der Waals surface area contributed by atoms with Crippen LogP contribution < -0.4 is 0 Å². The summed E-state index contributed by atoms with van der Waals surface area (Å²) in [5.74, 6) is 0. The van der Waals surface area contributed by atoms with Crippen molar-refractivity contribution in [2.75, 3.05) is 0 Å². The Hall–Kier alpha value is -8.72. The topological polar surface area (TPSA) is 25.8 Å². The molecule has 2 heterocycles. The number of rotatable bonds is 10. The second-order valence-corrected chi connectivity index (χ2v) is 16.4. The van der Waals surface area contributed by atoms with Crippen LogP contribution in [0.15, 0.2) is 267 Å². The third-order valence-electron chi connectivity index (χ3n) is 12.3. The quantitative estimate of drug-likeness (QED) is 0.137. The summed E-state index contributed by atoms with van der Waals surface area (Å²) in [6, 6.07) is 94.6. The maximum Gasteiger partial charge on any atom is 0.0794 e. The molecule has 2 heteroatoms. The van der Waals surface area contributed by atoms with Crippen LogP contribution in [0.4, 0.5) is 0 Å². The predicted octanol–water partition coefficient (Wildman–Crippen LogP) is 17.1. The van der Waals surface area contributed by atoms with Gasteiger partial charge in [-0.25, -0.2) is 9.97 Å². The van der Waals surface area contributed by atoms with Gasteiger partial charge in [-0.15, -0.1) is 0 Å². The zero-order chi connectivity index (χ0) is 44.1. The molecule has 0 fully saturated rings. The molecule has 0 atom stereocenters. The first-order valence-corrected chi connectivity index (χ1v) is 22.5. The van der Waals surface area contributed by atoms with E-state index in [1.165, 1.54) is 0 Å². The Morgan fingerprint density at radius 2 is 0.288 bits per heavy atom. The lowest BCUT2D eigenvalue weighted by molar-refractivity contribution is 1.31. The summed E-state index contributed by atoms with van der Waals surface area (Å²) in [5, 5.41) is 0. The normalized spacial score (nSPS) is 11.0. The minimum atomic E-state index is 0.913. The van der Waals surface area contributed by atoms with Gasteiger partial charge in [-0.1, -0.05) is 267 Å². The highest BCUT2D eigenvalue weighted by Crippen LogP contribution is 2.51. The number of pyridine rings is 2. The Bertz CT molecular complexity index is 3140. The SMILES string of the molecule is c1ccc(-c2nc(-c3ccc(-c4nc(-c5ccccc5)c(-c5ccccc5)c(-c5ccccc5)c4-c4ccccc4)cc3)c(-c3ccccc3)c(-c3ccccc3)c2-c2ccccc2)cc1. The molecule has 2 nitrogen and oxygen atoms in total. The summed E-state index contributed by atoms with van der Waals surface area (Å²) in [7, 11) is 0. The van der Waals surface area contributed by atoms with E-state index in [-0.39, 0.29) is 0 Å². The van der Waals surface area contributed by atoms with Gasteiger partial charge < -0.3 is 0 Å². The average Bonchev–Trinajstić information content (AvgIpc) is 3.41. The largest absolute Gasteiger partial charge is 0.246 e. The molecule has 0 aliphatic rings. The highest BCUT2D eigenvalue weighted by atomic mass is 14.7. The molecule has 11 rings (SSSR count). The molecular weight excluding hydrogens is 797 g/mol. The molecule has 0 aliphatic heterocycles. The predicted molar refractivity (Wildman–Crippen MR) is 276 cm³/mol. The second kappa shape index (κ2) is 18.2. The summed E-state index contributed by atoms with van der Waals surface area (Å²) in [6.45, 7) is 0. The van der Waals surface area contributed by atoms with Crippen molar-refractivity contribution in [3.63, 3.8) is 0 Å². The van der Waals surface area contributed by atoms with Crippen LogP contribution in [-0.4, -0.2) is 9.97 Å². The molecule has 0 amide bonds. The van der Waals surface area contributed by atoms with Crippen LogP contribution in [0, 0.1) is 0 Å². The Morgan fingerprint density at radius 3 is 0.485 bits per heavy atom. The van der Waals surface area contributed by atoms with Gasteiger partial charge in [0.1, 0.15) is 0 Å². The van der Waals surface area contributed by atoms with Crippen LogP contribution in [0.3, 0.4) is 0 Å². The fraction of sp³-hybridized carbons (Fsp3) is 0. The molecular formula is C64H44N2. The maximum absolute atomic E-state index is 5.76. The summed E-state index contributed by atoms with van der Waals surface area (Å²) >= 11 is 0. The minimum Gasteiger partial charge on any atom is -0.246 e. The number of hydrogen-bond acceptors (Lipinski definition) is 2. The van der Waals surface area contributed by atoms with E-state index in [1.807, 2.05) is 0 Å². The van der Waals surface area contributed by atoms with Gasteiger partial charge in [0.15, 0.2) is 0 Å². The van der Waals surface area contributed by atoms with Crippen LogP contribution in [0.5, 0.6) is 0 Å². The summed E-state index contributed by atoms with van der Waals surface area (Å²) in [5.41, 5.74) is 21.2. The van der Waals surface area contributed by atoms with E-state index in [4.69, 9.17) is 9.97 Å². The van der Waals surface area contributed by atoms with E-state index in [2.05, 4.69) is 267 Å². The molecule has 0 saturated carbocycles. The monoisotopic (exact) mass is 840 g/mol. The Labute approximate surface area is 386 Å². The summed E-state index contributed by atoms with van der Waals surface area (Å²) in [4.78, 5) is 11.5. The molecule has 0 radical (unpaired) electrons. The van der Waals surface area contributed by atoms with E-state index in [9.17, 15) is 0 Å². The van der Waals surface area contributed by atoms with Crippen LogP contribution in [0.2, 0.25) is 0 Å². The number of hydrogen-bond donors (Lipinski definition) is 0. The fourth-order valence-corrected chi connectivity index (χ4v) is 9.31. The zero-order valence-corrected chi connectivity index (χ0v) is 36.3. The van der Waals surface area contributed by atoms with Crippen molar-refractivity contribution in [1.82, 2.24) is 9.97 Å². The van der Waals surface area contributed by atoms with Crippen LogP contribution in [0.1, 0.15) is 0 Å². The molecule has 310 valence electrons. The van der Waals surface area contributed by atoms with Crippen molar-refractivity contribution < 1.29 is 0 Å². The average molecular weight is 841 g/mol. The fourth-order valence-electron chi connectivity index (χ4n) is 9.31. The minimum absolute atomic E-state index is 0.913. The van der Waals surface area contributed by atoms with Gasteiger partial charge in [-0.3, -0.25) is 0 Å². The van der Waals surface area contributed by atoms with E-state index in [0.717, 1.165) is 112 Å². The molecule has 9 aromatic carbocycles. The van der Waals surface area contributed by atoms with Gasteiger partial charge in [-0.2, -0.15) is 0 Å². The standard InChI is InChI=1S/C64H44N2/c1-9-25-45(26-10-1)55-57(47-29-13-3-14-30-47)61(51-37-21-7-22-38-51)65-63(59(55)49-33-17-5-18-34-49)53-41-43-54(44-42-53)64-60(50-35-19-6-20-36-50)56(46-27-11-2-12-28-46)58(48-31-15-4-16-32-48)62(66-64)52-39-23-8-24-40-52/h1-44H. The lowest BCUT2D eigenvalue weighted by Crippen LogP contribution is -2.02. The van der Waals surface area contributed by atoms with E-state index in [0.29, 0.717) is 0 Å². The van der Waals surface area contributed by atoms with Crippen molar-refractivity contribution in [1.29, 1.82) is 0 Å². The maximum atomic E-state index is 5.76. The van der Waals surface area contributed by atoms with E-state index >= 15 is 0 Å². The van der Waals surface area contributed by atoms with Crippen molar-refractivity contribution >= 4 is 0 Å². The summed E-state index contributed by atoms with van der Waals surface area (Å²) < 4.78 is 0. The highest BCUT2D eigenvalue weighted by molar-refractivity contribution is 6.07. The third kappa shape index (κ3) is 7.72. The Kier molecular flexibility index (Phi) is 11.0. The number of aromatic nitrogens is 2. The second-order valence-electron chi connectivity index (χ2n) is 16.4. The van der Waals surface area contributed by atoms with Gasteiger partial charge in [-0.05, 0) is 33.4 Å².